The molecule has 3 nitrogen and oxygen atoms in total. The van der Waals surface area contributed by atoms with Crippen LogP contribution in [0.15, 0.2) is 0 Å². The van der Waals surface area contributed by atoms with Gasteiger partial charge in [-0.2, -0.15) is 0 Å². The van der Waals surface area contributed by atoms with E-state index in [2.05, 4.69) is 24.3 Å². The van der Waals surface area contributed by atoms with Gasteiger partial charge in [-0.3, -0.25) is 0 Å². The third kappa shape index (κ3) is 2.90. The van der Waals surface area contributed by atoms with E-state index in [1.807, 2.05) is 0 Å². The van der Waals surface area contributed by atoms with Crippen LogP contribution in [0, 0.1) is 5.92 Å². The third-order valence-electron chi connectivity index (χ3n) is 2.47. The molecule has 0 saturated carbocycles. The maximum Gasteiger partial charge on any atom is 0.0486 e. The van der Waals surface area contributed by atoms with Crippen LogP contribution in [-0.2, 0) is 0 Å². The largest absolute Gasteiger partial charge is 0.396 e. The minimum atomic E-state index is 0. The van der Waals surface area contributed by atoms with Crippen LogP contribution in [0.2, 0.25) is 0 Å². The lowest BCUT2D eigenvalue weighted by Gasteiger charge is -2.35. The lowest BCUT2D eigenvalue weighted by molar-refractivity contribution is 0.107. The minimum absolute atomic E-state index is 0. The highest BCUT2D eigenvalue weighted by Gasteiger charge is 2.25. The van der Waals surface area contributed by atoms with E-state index in [4.69, 9.17) is 5.11 Å². The first kappa shape index (κ1) is 12.2. The van der Waals surface area contributed by atoms with Crippen molar-refractivity contribution in [2.75, 3.05) is 33.8 Å². The van der Waals surface area contributed by atoms with Gasteiger partial charge in [0, 0.05) is 25.1 Å². The predicted molar refractivity (Wildman–Crippen MR) is 52.8 cm³/mol. The van der Waals surface area contributed by atoms with E-state index in [-0.39, 0.29) is 12.4 Å². The molecule has 2 N–H and O–H groups in total. The Labute approximate surface area is 80.5 Å². The Balaban J connectivity index is 0.00000121. The second kappa shape index (κ2) is 5.75. The first-order valence-corrected chi connectivity index (χ1v) is 4.23. The first-order valence-electron chi connectivity index (χ1n) is 4.23. The summed E-state index contributed by atoms with van der Waals surface area (Å²) in [6.07, 6.45) is 1.15. The molecule has 1 aliphatic heterocycles. The van der Waals surface area contributed by atoms with Gasteiger partial charge in [-0.25, -0.2) is 0 Å². The molecule has 1 rings (SSSR count). The summed E-state index contributed by atoms with van der Waals surface area (Å²) in [7, 11) is 4.16. The van der Waals surface area contributed by atoms with E-state index in [1.54, 1.807) is 0 Å². The van der Waals surface area contributed by atoms with Crippen LogP contribution in [0.1, 0.15) is 6.42 Å². The Bertz CT molecular complexity index is 122. The molecule has 0 amide bonds. The second-order valence-electron chi connectivity index (χ2n) is 3.47. The van der Waals surface area contributed by atoms with Gasteiger partial charge in [0.25, 0.3) is 0 Å². The van der Waals surface area contributed by atoms with Crippen molar-refractivity contribution in [2.24, 2.45) is 5.92 Å². The molecule has 0 radical (unpaired) electrons. The maximum absolute atomic E-state index is 9.04. The summed E-state index contributed by atoms with van der Waals surface area (Å²) in [6, 6.07) is 0.557. The van der Waals surface area contributed by atoms with Gasteiger partial charge in [0.15, 0.2) is 0 Å². The van der Waals surface area contributed by atoms with E-state index >= 15 is 0 Å². The van der Waals surface area contributed by atoms with Gasteiger partial charge in [-0.05, 0) is 27.1 Å². The molecule has 2 unspecified atom stereocenters. The topological polar surface area (TPSA) is 35.5 Å². The van der Waals surface area contributed by atoms with Gasteiger partial charge in [0.05, 0.1) is 0 Å². The second-order valence-corrected chi connectivity index (χ2v) is 3.47. The molecule has 2 atom stereocenters. The zero-order valence-corrected chi connectivity index (χ0v) is 8.60. The van der Waals surface area contributed by atoms with Gasteiger partial charge in [-0.15, -0.1) is 12.4 Å². The molecular formula is C8H19ClN2O. The fourth-order valence-electron chi connectivity index (χ4n) is 1.78. The van der Waals surface area contributed by atoms with Crippen LogP contribution < -0.4 is 5.32 Å². The van der Waals surface area contributed by atoms with Crippen LogP contribution in [0.5, 0.6) is 0 Å². The van der Waals surface area contributed by atoms with Crippen molar-refractivity contribution in [1.82, 2.24) is 10.2 Å². The average molecular weight is 195 g/mol. The Morgan fingerprint density at radius 1 is 1.50 bits per heavy atom. The highest BCUT2D eigenvalue weighted by Crippen LogP contribution is 2.14. The molecule has 1 fully saturated rings. The van der Waals surface area contributed by atoms with Crippen molar-refractivity contribution in [3.63, 3.8) is 0 Å². The van der Waals surface area contributed by atoms with Crippen LogP contribution in [0.25, 0.3) is 0 Å². The number of hydrogen-bond donors (Lipinski definition) is 2. The number of nitrogens with zero attached hydrogens (tertiary/aromatic N) is 1. The Morgan fingerprint density at radius 2 is 2.17 bits per heavy atom. The molecule has 0 aliphatic carbocycles. The number of aliphatic hydroxyl groups excluding tert-OH is 1. The van der Waals surface area contributed by atoms with Crippen LogP contribution in [0.4, 0.5) is 0 Å². The summed E-state index contributed by atoms with van der Waals surface area (Å²) < 4.78 is 0. The maximum atomic E-state index is 9.04. The average Bonchev–Trinajstić information content (AvgIpc) is 2.04. The third-order valence-corrected chi connectivity index (χ3v) is 2.47. The van der Waals surface area contributed by atoms with E-state index in [0.717, 1.165) is 19.5 Å². The van der Waals surface area contributed by atoms with Crippen LogP contribution >= 0.6 is 12.4 Å². The number of hydrogen-bond acceptors (Lipinski definition) is 3. The van der Waals surface area contributed by atoms with Crippen molar-refractivity contribution in [1.29, 1.82) is 0 Å². The Hall–Kier alpha value is 0.170. The van der Waals surface area contributed by atoms with Gasteiger partial charge >= 0.3 is 0 Å². The zero-order chi connectivity index (χ0) is 8.27. The van der Waals surface area contributed by atoms with E-state index < -0.39 is 0 Å². The van der Waals surface area contributed by atoms with Crippen molar-refractivity contribution >= 4 is 12.4 Å². The standard InChI is InChI=1S/C8H18N2O.ClH/c1-10(2)8-3-4-9-5-7(8)6-11;/h7-9,11H,3-6H2,1-2H3;1H. The van der Waals surface area contributed by atoms with Crippen molar-refractivity contribution in [2.45, 2.75) is 12.5 Å². The fourth-order valence-corrected chi connectivity index (χ4v) is 1.78. The van der Waals surface area contributed by atoms with Gasteiger partial charge in [0.1, 0.15) is 0 Å². The zero-order valence-electron chi connectivity index (χ0n) is 7.79. The SMILES string of the molecule is CN(C)C1CCNCC1CO.Cl. The van der Waals surface area contributed by atoms with Gasteiger partial charge in [-0.1, -0.05) is 0 Å². The number of nitrogens with one attached hydrogen (secondary N) is 1. The van der Waals surface area contributed by atoms with E-state index in [0.29, 0.717) is 18.6 Å². The molecule has 4 heteroatoms. The molecule has 1 saturated heterocycles. The van der Waals surface area contributed by atoms with E-state index in [9.17, 15) is 0 Å². The van der Waals surface area contributed by atoms with Crippen molar-refractivity contribution < 1.29 is 5.11 Å². The highest BCUT2D eigenvalue weighted by molar-refractivity contribution is 5.85. The molecule has 0 bridgehead atoms. The Morgan fingerprint density at radius 3 is 2.58 bits per heavy atom. The molecule has 0 aromatic heterocycles. The summed E-state index contributed by atoms with van der Waals surface area (Å²) in [5, 5.41) is 12.3. The molecule has 0 aromatic carbocycles. The number of aliphatic hydroxyl groups is 1. The quantitative estimate of drug-likeness (QED) is 0.647. The summed E-state index contributed by atoms with van der Waals surface area (Å²) in [5.41, 5.74) is 0. The number of piperidine rings is 1. The molecule has 74 valence electrons. The normalized spacial score (nSPS) is 30.0. The van der Waals surface area contributed by atoms with Crippen molar-refractivity contribution in [3.8, 4) is 0 Å². The summed E-state index contributed by atoms with van der Waals surface area (Å²) in [6.45, 7) is 2.34. The fraction of sp³-hybridized carbons (Fsp3) is 1.00. The first-order chi connectivity index (χ1) is 5.25. The smallest absolute Gasteiger partial charge is 0.0486 e. The minimum Gasteiger partial charge on any atom is -0.396 e. The monoisotopic (exact) mass is 194 g/mol. The van der Waals surface area contributed by atoms with Gasteiger partial charge in [0.2, 0.25) is 0 Å². The predicted octanol–water partition coefficient (Wildman–Crippen LogP) is -0.0598. The number of rotatable bonds is 2. The summed E-state index contributed by atoms with van der Waals surface area (Å²) in [4.78, 5) is 2.21. The van der Waals surface area contributed by atoms with Crippen molar-refractivity contribution in [3.05, 3.63) is 0 Å². The van der Waals surface area contributed by atoms with Crippen LogP contribution in [-0.4, -0.2) is 49.8 Å². The molecule has 1 heterocycles. The summed E-state index contributed by atoms with van der Waals surface area (Å²) >= 11 is 0. The lowest BCUT2D eigenvalue weighted by Crippen LogP contribution is -2.48. The lowest BCUT2D eigenvalue weighted by atomic mass is 9.93. The molecule has 0 spiro atoms. The molecule has 12 heavy (non-hydrogen) atoms. The molecule has 0 aromatic rings. The van der Waals surface area contributed by atoms with E-state index in [1.165, 1.54) is 0 Å². The van der Waals surface area contributed by atoms with Crippen LogP contribution in [0.3, 0.4) is 0 Å². The highest BCUT2D eigenvalue weighted by atomic mass is 35.5. The molecule has 1 aliphatic rings. The van der Waals surface area contributed by atoms with Gasteiger partial charge < -0.3 is 15.3 Å². The molecular weight excluding hydrogens is 176 g/mol. The summed E-state index contributed by atoms with van der Waals surface area (Å²) in [5.74, 6) is 0.416. The number of halogens is 1. The Kier molecular flexibility index (Phi) is 5.84.